The monoisotopic (exact) mass is 687 g/mol. The van der Waals surface area contributed by atoms with Gasteiger partial charge in [-0.15, -0.1) is 0 Å². The van der Waals surface area contributed by atoms with Crippen LogP contribution in [0.15, 0.2) is 108 Å². The van der Waals surface area contributed by atoms with Crippen molar-refractivity contribution < 1.29 is 13.2 Å². The SMILES string of the molecule is CCn1cc(-c2ccnc3c2cc(-c2ccc(CCN4CCCC4)cc2)n3S(=O)(=O)c2ccccc2)c(-c2ccc(NC(=O)N(C)C)cc2)n1. The Morgan fingerprint density at radius 3 is 2.26 bits per heavy atom. The molecule has 2 amide bonds. The van der Waals surface area contributed by atoms with Gasteiger partial charge in [-0.05, 0) is 92.4 Å². The van der Waals surface area contributed by atoms with Crippen LogP contribution in [0.4, 0.5) is 10.5 Å². The molecule has 1 aliphatic rings. The second-order valence-corrected chi connectivity index (χ2v) is 14.6. The third kappa shape index (κ3) is 6.54. The van der Waals surface area contributed by atoms with Crippen molar-refractivity contribution in [2.45, 2.75) is 37.6 Å². The van der Waals surface area contributed by atoms with E-state index < -0.39 is 10.0 Å². The molecule has 3 aromatic carbocycles. The second-order valence-electron chi connectivity index (χ2n) is 12.9. The molecule has 0 aliphatic carbocycles. The number of hydrogen-bond acceptors (Lipinski definition) is 6. The van der Waals surface area contributed by atoms with E-state index >= 15 is 0 Å². The maximum atomic E-state index is 14.4. The maximum Gasteiger partial charge on any atom is 0.321 e. The average molecular weight is 688 g/mol. The number of rotatable bonds is 10. The molecular weight excluding hydrogens is 647 g/mol. The molecule has 256 valence electrons. The minimum atomic E-state index is -4.03. The van der Waals surface area contributed by atoms with E-state index in [0.717, 1.165) is 54.0 Å². The molecule has 1 saturated heterocycles. The van der Waals surface area contributed by atoms with Crippen molar-refractivity contribution in [2.24, 2.45) is 0 Å². The quantitative estimate of drug-likeness (QED) is 0.163. The van der Waals surface area contributed by atoms with Crippen LogP contribution in [0.25, 0.3) is 44.7 Å². The van der Waals surface area contributed by atoms with Crippen LogP contribution in [0.1, 0.15) is 25.3 Å². The molecule has 1 aliphatic heterocycles. The van der Waals surface area contributed by atoms with Crippen LogP contribution in [0, 0.1) is 0 Å². The Labute approximate surface area is 293 Å². The largest absolute Gasteiger partial charge is 0.331 e. The van der Waals surface area contributed by atoms with Crippen LogP contribution in [0.5, 0.6) is 0 Å². The number of hydrogen-bond donors (Lipinski definition) is 1. The number of nitrogens with zero attached hydrogens (tertiary/aromatic N) is 6. The van der Waals surface area contributed by atoms with Crippen molar-refractivity contribution in [1.82, 2.24) is 28.5 Å². The van der Waals surface area contributed by atoms with Crippen LogP contribution in [0.2, 0.25) is 0 Å². The van der Waals surface area contributed by atoms with Gasteiger partial charge in [-0.1, -0.05) is 54.6 Å². The molecule has 0 saturated carbocycles. The fraction of sp³-hybridized carbons (Fsp3) is 0.256. The standard InChI is InChI=1S/C39H41N7O3S/c1-4-45-27-35(37(42-45)30-16-18-31(19-17-30)41-39(47)43(2)3)33-20-22-40-38-34(33)26-36(46(38)50(48,49)32-10-6-5-7-11-32)29-14-12-28(13-15-29)21-25-44-23-8-9-24-44/h5-7,10-20,22,26-27H,4,8-9,21,23-25H2,1-3H3,(H,41,47). The van der Waals surface area contributed by atoms with Gasteiger partial charge in [0.2, 0.25) is 0 Å². The number of aryl methyl sites for hydroxylation is 1. The maximum absolute atomic E-state index is 14.4. The zero-order valence-corrected chi connectivity index (χ0v) is 29.4. The highest BCUT2D eigenvalue weighted by molar-refractivity contribution is 7.90. The minimum Gasteiger partial charge on any atom is -0.331 e. The van der Waals surface area contributed by atoms with E-state index in [1.165, 1.54) is 27.3 Å². The Morgan fingerprint density at radius 1 is 0.880 bits per heavy atom. The summed E-state index contributed by atoms with van der Waals surface area (Å²) in [6.07, 6.45) is 7.12. The van der Waals surface area contributed by atoms with Crippen molar-refractivity contribution in [3.05, 3.63) is 109 Å². The van der Waals surface area contributed by atoms with E-state index in [1.54, 1.807) is 50.6 Å². The lowest BCUT2D eigenvalue weighted by Gasteiger charge is -2.15. The molecule has 10 nitrogen and oxygen atoms in total. The van der Waals surface area contributed by atoms with Gasteiger partial charge in [0, 0.05) is 61.8 Å². The fourth-order valence-corrected chi connectivity index (χ4v) is 8.03. The summed E-state index contributed by atoms with van der Waals surface area (Å²) in [6, 6.07) is 27.9. The third-order valence-electron chi connectivity index (χ3n) is 9.30. The van der Waals surface area contributed by atoms with E-state index in [0.29, 0.717) is 29.0 Å². The summed E-state index contributed by atoms with van der Waals surface area (Å²) in [6.45, 7) is 6.01. The Kier molecular flexibility index (Phi) is 9.26. The van der Waals surface area contributed by atoms with Gasteiger partial charge in [0.1, 0.15) is 5.69 Å². The summed E-state index contributed by atoms with van der Waals surface area (Å²) >= 11 is 0. The number of pyridine rings is 1. The van der Waals surface area contributed by atoms with Crippen LogP contribution < -0.4 is 5.32 Å². The zero-order valence-electron chi connectivity index (χ0n) is 28.6. The molecule has 7 rings (SSSR count). The van der Waals surface area contributed by atoms with E-state index in [2.05, 4.69) is 27.3 Å². The number of aromatic nitrogens is 4. The fourth-order valence-electron chi connectivity index (χ4n) is 6.53. The minimum absolute atomic E-state index is 0.189. The van der Waals surface area contributed by atoms with Gasteiger partial charge in [0.25, 0.3) is 10.0 Å². The van der Waals surface area contributed by atoms with Gasteiger partial charge in [0.15, 0.2) is 5.65 Å². The highest BCUT2D eigenvalue weighted by Crippen LogP contribution is 2.40. The summed E-state index contributed by atoms with van der Waals surface area (Å²) in [5.41, 5.74) is 6.84. The number of fused-ring (bicyclic) bond motifs is 1. The van der Waals surface area contributed by atoms with Crippen LogP contribution in [-0.4, -0.2) is 76.7 Å². The van der Waals surface area contributed by atoms with Gasteiger partial charge < -0.3 is 15.1 Å². The van der Waals surface area contributed by atoms with Crippen LogP contribution in [-0.2, 0) is 23.0 Å². The van der Waals surface area contributed by atoms with Crippen molar-refractivity contribution in [1.29, 1.82) is 0 Å². The number of carbonyl (C=O) groups excluding carboxylic acids is 1. The first-order valence-electron chi connectivity index (χ1n) is 17.0. The van der Waals surface area contributed by atoms with E-state index in [4.69, 9.17) is 5.10 Å². The van der Waals surface area contributed by atoms with Gasteiger partial charge in [0.05, 0.1) is 10.6 Å². The predicted molar refractivity (Wildman–Crippen MR) is 199 cm³/mol. The van der Waals surface area contributed by atoms with Gasteiger partial charge in [-0.25, -0.2) is 22.2 Å². The molecule has 0 atom stereocenters. The Morgan fingerprint density at radius 2 is 1.58 bits per heavy atom. The highest BCUT2D eigenvalue weighted by Gasteiger charge is 2.27. The molecule has 4 heterocycles. The number of amides is 2. The molecule has 0 unspecified atom stereocenters. The molecule has 6 aromatic rings. The molecule has 0 spiro atoms. The first-order chi connectivity index (χ1) is 24.2. The average Bonchev–Trinajstić information content (AvgIpc) is 3.91. The third-order valence-corrected chi connectivity index (χ3v) is 11.0. The molecule has 0 radical (unpaired) electrons. The van der Waals surface area contributed by atoms with Crippen LogP contribution in [0.3, 0.4) is 0 Å². The summed E-state index contributed by atoms with van der Waals surface area (Å²) in [4.78, 5) is 21.1. The lowest BCUT2D eigenvalue weighted by atomic mass is 9.99. The number of benzene rings is 3. The summed E-state index contributed by atoms with van der Waals surface area (Å²) in [5.74, 6) is 0. The van der Waals surface area contributed by atoms with Crippen molar-refractivity contribution in [3.8, 4) is 33.6 Å². The topological polar surface area (TPSA) is 105 Å². The van der Waals surface area contributed by atoms with Crippen molar-refractivity contribution in [2.75, 3.05) is 39.0 Å². The zero-order chi connectivity index (χ0) is 34.8. The molecule has 1 N–H and O–H groups in total. The number of nitrogens with one attached hydrogen (secondary N) is 1. The summed E-state index contributed by atoms with van der Waals surface area (Å²) < 4.78 is 32.1. The van der Waals surface area contributed by atoms with Crippen molar-refractivity contribution >= 4 is 32.8 Å². The first-order valence-corrected chi connectivity index (χ1v) is 18.5. The first kappa shape index (κ1) is 33.2. The number of urea groups is 1. The Hall–Kier alpha value is -5.26. The lowest BCUT2D eigenvalue weighted by Crippen LogP contribution is -2.27. The number of anilines is 1. The molecule has 1 fully saturated rings. The molecule has 0 bridgehead atoms. The molecule has 3 aromatic heterocycles. The van der Waals surface area contributed by atoms with Gasteiger partial charge in [-0.2, -0.15) is 5.10 Å². The summed E-state index contributed by atoms with van der Waals surface area (Å²) in [7, 11) is -0.640. The predicted octanol–water partition coefficient (Wildman–Crippen LogP) is 7.22. The van der Waals surface area contributed by atoms with E-state index in [9.17, 15) is 13.2 Å². The highest BCUT2D eigenvalue weighted by atomic mass is 32.2. The van der Waals surface area contributed by atoms with Crippen molar-refractivity contribution in [3.63, 3.8) is 0 Å². The molecule has 11 heteroatoms. The Balaban J connectivity index is 1.34. The van der Waals surface area contributed by atoms with Gasteiger partial charge >= 0.3 is 6.03 Å². The Bertz CT molecular complexity index is 2240. The summed E-state index contributed by atoms with van der Waals surface area (Å²) in [5, 5.41) is 8.49. The molecular formula is C39H41N7O3S. The van der Waals surface area contributed by atoms with E-state index in [-0.39, 0.29) is 10.9 Å². The molecule has 50 heavy (non-hydrogen) atoms. The normalized spacial score (nSPS) is 13.6. The van der Waals surface area contributed by atoms with E-state index in [1.807, 2.05) is 66.3 Å². The second kappa shape index (κ2) is 13.9. The number of carbonyl (C=O) groups is 1. The lowest BCUT2D eigenvalue weighted by molar-refractivity contribution is 0.230. The number of likely N-dealkylation sites (tertiary alicyclic amines) is 1. The smallest absolute Gasteiger partial charge is 0.321 e. The van der Waals surface area contributed by atoms with Crippen LogP contribution >= 0.6 is 0 Å². The van der Waals surface area contributed by atoms with Gasteiger partial charge in [-0.3, -0.25) is 4.68 Å².